The quantitative estimate of drug-likeness (QED) is 0.746. The number of aliphatic hydroxyl groups is 1. The lowest BCUT2D eigenvalue weighted by Crippen LogP contribution is -2.52. The minimum atomic E-state index is -0.0112. The van der Waals surface area contributed by atoms with E-state index in [1.165, 1.54) is 25.7 Å². The van der Waals surface area contributed by atoms with Crippen molar-refractivity contribution in [1.29, 1.82) is 0 Å². The van der Waals surface area contributed by atoms with Crippen molar-refractivity contribution in [2.75, 3.05) is 39.5 Å². The summed E-state index contributed by atoms with van der Waals surface area (Å²) in [5.74, 6) is 0.618. The van der Waals surface area contributed by atoms with Gasteiger partial charge in [-0.1, -0.05) is 20.3 Å². The van der Waals surface area contributed by atoms with Crippen LogP contribution in [0.5, 0.6) is 0 Å². The van der Waals surface area contributed by atoms with Gasteiger partial charge in [0.05, 0.1) is 19.8 Å². The van der Waals surface area contributed by atoms with E-state index in [1.54, 1.807) is 0 Å². The molecule has 1 saturated heterocycles. The fraction of sp³-hybridized carbons (Fsp3) is 1.00. The molecular formula is C16H32N2O2. The third-order valence-electron chi connectivity index (χ3n) is 5.35. The molecule has 4 nitrogen and oxygen atoms in total. The first kappa shape index (κ1) is 16.2. The van der Waals surface area contributed by atoms with Gasteiger partial charge in [0.15, 0.2) is 0 Å². The monoisotopic (exact) mass is 284 g/mol. The molecule has 2 fully saturated rings. The van der Waals surface area contributed by atoms with Gasteiger partial charge in [0.25, 0.3) is 0 Å². The highest BCUT2D eigenvalue weighted by atomic mass is 16.5. The van der Waals surface area contributed by atoms with Gasteiger partial charge in [0.1, 0.15) is 0 Å². The molecule has 0 aromatic carbocycles. The molecule has 118 valence electrons. The number of hydrogen-bond acceptors (Lipinski definition) is 4. The number of rotatable bonds is 7. The van der Waals surface area contributed by atoms with Crippen LogP contribution in [0.4, 0.5) is 0 Å². The molecule has 3 unspecified atom stereocenters. The lowest BCUT2D eigenvalue weighted by Gasteiger charge is -2.39. The summed E-state index contributed by atoms with van der Waals surface area (Å²) in [6.45, 7) is 9.61. The Labute approximate surface area is 123 Å². The first-order valence-corrected chi connectivity index (χ1v) is 8.43. The molecule has 1 saturated carbocycles. The molecule has 20 heavy (non-hydrogen) atoms. The van der Waals surface area contributed by atoms with Gasteiger partial charge in [0.2, 0.25) is 0 Å². The molecule has 2 N–H and O–H groups in total. The van der Waals surface area contributed by atoms with Gasteiger partial charge in [0, 0.05) is 18.1 Å². The first-order chi connectivity index (χ1) is 9.75. The van der Waals surface area contributed by atoms with E-state index in [9.17, 15) is 5.11 Å². The van der Waals surface area contributed by atoms with Crippen molar-refractivity contribution >= 4 is 0 Å². The number of nitrogens with one attached hydrogen (secondary N) is 1. The average molecular weight is 284 g/mol. The van der Waals surface area contributed by atoms with E-state index in [1.807, 2.05) is 0 Å². The third kappa shape index (κ3) is 3.53. The Kier molecular flexibility index (Phi) is 6.27. The molecule has 4 heteroatoms. The molecule has 0 bridgehead atoms. The molecule has 0 spiro atoms. The van der Waals surface area contributed by atoms with Crippen LogP contribution in [0.15, 0.2) is 0 Å². The van der Waals surface area contributed by atoms with Crippen LogP contribution in [0.2, 0.25) is 0 Å². The molecule has 2 rings (SSSR count). The fourth-order valence-corrected chi connectivity index (χ4v) is 4.10. The maximum absolute atomic E-state index is 9.86. The van der Waals surface area contributed by atoms with Gasteiger partial charge in [-0.2, -0.15) is 0 Å². The second-order valence-electron chi connectivity index (χ2n) is 6.40. The highest BCUT2D eigenvalue weighted by Gasteiger charge is 2.41. The van der Waals surface area contributed by atoms with Crippen LogP contribution in [0, 0.1) is 5.92 Å². The molecule has 0 aromatic rings. The van der Waals surface area contributed by atoms with E-state index in [4.69, 9.17) is 4.74 Å². The molecule has 1 aliphatic carbocycles. The predicted octanol–water partition coefficient (Wildman–Crippen LogP) is 1.63. The van der Waals surface area contributed by atoms with E-state index >= 15 is 0 Å². The van der Waals surface area contributed by atoms with Crippen molar-refractivity contribution in [3.8, 4) is 0 Å². The second kappa shape index (κ2) is 7.74. The maximum Gasteiger partial charge on any atom is 0.0622 e. The van der Waals surface area contributed by atoms with E-state index in [-0.39, 0.29) is 12.1 Å². The van der Waals surface area contributed by atoms with Gasteiger partial charge >= 0.3 is 0 Å². The lowest BCUT2D eigenvalue weighted by atomic mass is 9.85. The Balaban J connectivity index is 1.88. The van der Waals surface area contributed by atoms with Crippen molar-refractivity contribution in [1.82, 2.24) is 10.2 Å². The summed E-state index contributed by atoms with van der Waals surface area (Å²) in [5, 5.41) is 13.4. The predicted molar refractivity (Wildman–Crippen MR) is 81.9 cm³/mol. The second-order valence-corrected chi connectivity index (χ2v) is 6.40. The van der Waals surface area contributed by atoms with Gasteiger partial charge in [-0.05, 0) is 44.7 Å². The zero-order chi connectivity index (χ0) is 14.4. The number of morpholine rings is 1. The summed E-state index contributed by atoms with van der Waals surface area (Å²) in [6, 6.07) is 0.591. The standard InChI is InChI=1S/C16H32N2O2/c1-3-15-12-20-11-10-18(15)9-7-14-6-5-8-16(14,13-19)17-4-2/h14-15,17,19H,3-13H2,1-2H3. The highest BCUT2D eigenvalue weighted by molar-refractivity contribution is 4.99. The molecule has 1 heterocycles. The van der Waals surface area contributed by atoms with E-state index in [0.29, 0.717) is 12.0 Å². The van der Waals surface area contributed by atoms with Crippen LogP contribution >= 0.6 is 0 Å². The van der Waals surface area contributed by atoms with Gasteiger partial charge in [-0.15, -0.1) is 0 Å². The number of nitrogens with zero attached hydrogens (tertiary/aromatic N) is 1. The first-order valence-electron chi connectivity index (χ1n) is 8.43. The van der Waals surface area contributed by atoms with Crippen LogP contribution in [0.1, 0.15) is 46.0 Å². The fourth-order valence-electron chi connectivity index (χ4n) is 4.10. The number of ether oxygens (including phenoxy) is 1. The SMILES string of the molecule is CCNC1(CO)CCCC1CCN1CCOCC1CC. The van der Waals surface area contributed by atoms with Crippen molar-refractivity contribution in [3.05, 3.63) is 0 Å². The summed E-state index contributed by atoms with van der Waals surface area (Å²) < 4.78 is 5.58. The van der Waals surface area contributed by atoms with E-state index in [0.717, 1.165) is 39.3 Å². The smallest absolute Gasteiger partial charge is 0.0622 e. The Morgan fingerprint density at radius 3 is 2.95 bits per heavy atom. The van der Waals surface area contributed by atoms with E-state index < -0.39 is 0 Å². The van der Waals surface area contributed by atoms with Crippen LogP contribution < -0.4 is 5.32 Å². The molecule has 0 aromatic heterocycles. The molecular weight excluding hydrogens is 252 g/mol. The lowest BCUT2D eigenvalue weighted by molar-refractivity contribution is -0.0132. The molecule has 2 aliphatic rings. The van der Waals surface area contributed by atoms with E-state index in [2.05, 4.69) is 24.1 Å². The topological polar surface area (TPSA) is 44.7 Å². The molecule has 0 amide bonds. The van der Waals surface area contributed by atoms with Gasteiger partial charge in [-0.3, -0.25) is 4.90 Å². The highest BCUT2D eigenvalue weighted by Crippen LogP contribution is 2.38. The largest absolute Gasteiger partial charge is 0.394 e. The summed E-state index contributed by atoms with van der Waals surface area (Å²) in [4.78, 5) is 2.59. The van der Waals surface area contributed by atoms with Crippen molar-refractivity contribution in [2.45, 2.75) is 57.5 Å². The van der Waals surface area contributed by atoms with Crippen molar-refractivity contribution in [2.24, 2.45) is 5.92 Å². The zero-order valence-corrected chi connectivity index (χ0v) is 13.2. The van der Waals surface area contributed by atoms with Gasteiger partial charge in [-0.25, -0.2) is 0 Å². The van der Waals surface area contributed by atoms with Crippen LogP contribution in [-0.2, 0) is 4.74 Å². The van der Waals surface area contributed by atoms with Crippen molar-refractivity contribution in [3.63, 3.8) is 0 Å². The molecule has 3 atom stereocenters. The maximum atomic E-state index is 9.86. The minimum absolute atomic E-state index is 0.0112. The molecule has 0 radical (unpaired) electrons. The number of aliphatic hydroxyl groups excluding tert-OH is 1. The summed E-state index contributed by atoms with van der Waals surface area (Å²) in [6.07, 6.45) is 6.00. The number of hydrogen-bond donors (Lipinski definition) is 2. The Morgan fingerprint density at radius 2 is 2.25 bits per heavy atom. The molecule has 1 aliphatic heterocycles. The average Bonchev–Trinajstić information content (AvgIpc) is 2.89. The Bertz CT molecular complexity index is 288. The zero-order valence-electron chi connectivity index (χ0n) is 13.2. The number of likely N-dealkylation sites (N-methyl/N-ethyl adjacent to an activating group) is 1. The Morgan fingerprint density at radius 1 is 1.40 bits per heavy atom. The van der Waals surface area contributed by atoms with Crippen LogP contribution in [0.25, 0.3) is 0 Å². The summed E-state index contributed by atoms with van der Waals surface area (Å²) in [5.41, 5.74) is -0.0112. The van der Waals surface area contributed by atoms with Gasteiger partial charge < -0.3 is 15.2 Å². The van der Waals surface area contributed by atoms with Crippen LogP contribution in [0.3, 0.4) is 0 Å². The summed E-state index contributed by atoms with van der Waals surface area (Å²) in [7, 11) is 0. The summed E-state index contributed by atoms with van der Waals surface area (Å²) >= 11 is 0. The van der Waals surface area contributed by atoms with Crippen LogP contribution in [-0.4, -0.2) is 61.0 Å². The van der Waals surface area contributed by atoms with Crippen molar-refractivity contribution < 1.29 is 9.84 Å². The Hall–Kier alpha value is -0.160. The minimum Gasteiger partial charge on any atom is -0.394 e. The normalized spacial score (nSPS) is 35.5. The third-order valence-corrected chi connectivity index (χ3v) is 5.35.